The fourth-order valence-electron chi connectivity index (χ4n) is 2.97. The van der Waals surface area contributed by atoms with Gasteiger partial charge in [0.05, 0.1) is 5.52 Å². The number of hydrogen-bond acceptors (Lipinski definition) is 4. The molecule has 0 fully saturated rings. The number of nitrogens with one attached hydrogen (secondary N) is 1. The molecule has 10 heteroatoms. The van der Waals surface area contributed by atoms with E-state index in [0.717, 1.165) is 4.47 Å². The second kappa shape index (κ2) is 8.63. The van der Waals surface area contributed by atoms with Crippen LogP contribution in [-0.2, 0) is 17.7 Å². The predicted octanol–water partition coefficient (Wildman–Crippen LogP) is 5.13. The van der Waals surface area contributed by atoms with Crippen molar-refractivity contribution in [2.24, 2.45) is 0 Å². The van der Waals surface area contributed by atoms with Crippen molar-refractivity contribution in [3.8, 4) is 11.3 Å². The highest BCUT2D eigenvalue weighted by molar-refractivity contribution is 9.10. The first-order chi connectivity index (χ1) is 14.0. The van der Waals surface area contributed by atoms with Gasteiger partial charge in [-0.25, -0.2) is 27.5 Å². The first kappa shape index (κ1) is 22.1. The minimum Gasteiger partial charge on any atom is -0.444 e. The quantitative estimate of drug-likeness (QED) is 0.544. The van der Waals surface area contributed by atoms with Crippen LogP contribution in [0.2, 0.25) is 0 Å². The van der Waals surface area contributed by atoms with E-state index in [-0.39, 0.29) is 28.9 Å². The predicted molar refractivity (Wildman–Crippen MR) is 109 cm³/mol. The maximum atomic E-state index is 15.4. The zero-order valence-corrected chi connectivity index (χ0v) is 18.1. The molecule has 1 aromatic carbocycles. The van der Waals surface area contributed by atoms with Crippen molar-refractivity contribution in [2.75, 3.05) is 0 Å². The van der Waals surface area contributed by atoms with Gasteiger partial charge in [-0.05, 0) is 60.0 Å². The zero-order valence-electron chi connectivity index (χ0n) is 16.5. The molecule has 0 saturated carbocycles. The van der Waals surface area contributed by atoms with Crippen molar-refractivity contribution in [3.63, 3.8) is 0 Å². The van der Waals surface area contributed by atoms with E-state index in [4.69, 9.17) is 4.74 Å². The molecule has 6 nitrogen and oxygen atoms in total. The maximum absolute atomic E-state index is 15.4. The summed E-state index contributed by atoms with van der Waals surface area (Å²) in [7, 11) is 0. The lowest BCUT2D eigenvalue weighted by Gasteiger charge is -2.20. The van der Waals surface area contributed by atoms with E-state index in [1.807, 2.05) is 0 Å². The summed E-state index contributed by atoms with van der Waals surface area (Å²) in [5.74, 6) is -0.809. The van der Waals surface area contributed by atoms with Gasteiger partial charge in [-0.15, -0.1) is 0 Å². The van der Waals surface area contributed by atoms with Crippen LogP contribution in [0.4, 0.5) is 18.0 Å². The van der Waals surface area contributed by atoms with Crippen LogP contribution in [0.1, 0.15) is 31.9 Å². The highest BCUT2D eigenvalue weighted by atomic mass is 79.9. The Kier molecular flexibility index (Phi) is 6.35. The monoisotopic (exact) mass is 484 g/mol. The third-order valence-corrected chi connectivity index (χ3v) is 4.58. The number of ether oxygens (including phenoxy) is 1. The van der Waals surface area contributed by atoms with E-state index in [2.05, 4.69) is 31.3 Å². The lowest BCUT2D eigenvalue weighted by molar-refractivity contribution is 0.0523. The number of hydrogen-bond donors (Lipinski definition) is 1. The van der Waals surface area contributed by atoms with Crippen LogP contribution >= 0.6 is 15.9 Å². The summed E-state index contributed by atoms with van der Waals surface area (Å²) in [6, 6.07) is 4.67. The average Bonchev–Trinajstić information content (AvgIpc) is 3.01. The molecule has 0 aliphatic heterocycles. The Morgan fingerprint density at radius 1 is 1.33 bits per heavy atom. The molecule has 0 aliphatic rings. The number of carbonyl (C=O) groups is 1. The summed E-state index contributed by atoms with van der Waals surface area (Å²) in [5, 5.41) is 6.54. The van der Waals surface area contributed by atoms with Crippen molar-refractivity contribution < 1.29 is 22.7 Å². The van der Waals surface area contributed by atoms with Gasteiger partial charge in [-0.1, -0.05) is 6.07 Å². The lowest BCUT2D eigenvalue weighted by atomic mass is 9.98. The first-order valence-corrected chi connectivity index (χ1v) is 9.89. The van der Waals surface area contributed by atoms with E-state index in [0.29, 0.717) is 5.52 Å². The SMILES string of the molecule is CC(C)(C)OC(=O)NCc1ccc(-c2ncnn3cc(Br)cc23)c(F)c1CC(F)F. The molecular formula is C20H20BrF3N4O2. The highest BCUT2D eigenvalue weighted by Crippen LogP contribution is 2.31. The second-order valence-electron chi connectivity index (χ2n) is 7.61. The molecule has 0 atom stereocenters. The Bertz CT molecular complexity index is 1080. The van der Waals surface area contributed by atoms with Gasteiger partial charge in [0, 0.05) is 29.2 Å². The summed E-state index contributed by atoms with van der Waals surface area (Å²) in [6.07, 6.45) is -1.33. The van der Waals surface area contributed by atoms with E-state index in [1.165, 1.54) is 23.0 Å². The van der Waals surface area contributed by atoms with Crippen LogP contribution < -0.4 is 5.32 Å². The molecule has 1 N–H and O–H groups in total. The van der Waals surface area contributed by atoms with Gasteiger partial charge in [0.25, 0.3) is 0 Å². The molecule has 3 rings (SSSR count). The summed E-state index contributed by atoms with van der Waals surface area (Å²) >= 11 is 3.33. The molecule has 1 amide bonds. The van der Waals surface area contributed by atoms with Crippen molar-refractivity contribution in [2.45, 2.75) is 45.8 Å². The van der Waals surface area contributed by atoms with Crippen LogP contribution in [-0.4, -0.2) is 32.7 Å². The van der Waals surface area contributed by atoms with Gasteiger partial charge in [0.2, 0.25) is 6.43 Å². The molecule has 0 aliphatic carbocycles. The van der Waals surface area contributed by atoms with Crippen LogP contribution in [0.15, 0.2) is 35.2 Å². The lowest BCUT2D eigenvalue weighted by Crippen LogP contribution is -2.32. The van der Waals surface area contributed by atoms with Crippen LogP contribution in [0, 0.1) is 5.82 Å². The number of alkyl carbamates (subject to hydrolysis) is 1. The average molecular weight is 485 g/mol. The van der Waals surface area contributed by atoms with Gasteiger partial charge in [-0.2, -0.15) is 5.10 Å². The topological polar surface area (TPSA) is 68.5 Å². The molecule has 0 radical (unpaired) electrons. The Balaban J connectivity index is 1.98. The number of amides is 1. The molecule has 0 spiro atoms. The van der Waals surface area contributed by atoms with Crippen LogP contribution in [0.25, 0.3) is 16.8 Å². The Labute approximate surface area is 179 Å². The van der Waals surface area contributed by atoms with Crippen molar-refractivity contribution in [3.05, 3.63) is 52.1 Å². The summed E-state index contributed by atoms with van der Waals surface area (Å²) in [6.45, 7) is 4.95. The Morgan fingerprint density at radius 2 is 2.07 bits per heavy atom. The zero-order chi connectivity index (χ0) is 22.1. The normalized spacial score (nSPS) is 11.9. The van der Waals surface area contributed by atoms with E-state index in [9.17, 15) is 13.6 Å². The molecule has 3 aromatic rings. The highest BCUT2D eigenvalue weighted by Gasteiger charge is 2.22. The third-order valence-electron chi connectivity index (χ3n) is 4.15. The maximum Gasteiger partial charge on any atom is 0.407 e. The minimum atomic E-state index is -2.76. The number of carbonyl (C=O) groups excluding carboxylic acids is 1. The number of halogens is 4. The summed E-state index contributed by atoms with van der Waals surface area (Å²) in [4.78, 5) is 16.0. The smallest absolute Gasteiger partial charge is 0.407 e. The van der Waals surface area contributed by atoms with E-state index < -0.39 is 30.4 Å². The van der Waals surface area contributed by atoms with E-state index in [1.54, 1.807) is 33.0 Å². The summed E-state index contributed by atoms with van der Waals surface area (Å²) < 4.78 is 49.1. The fourth-order valence-corrected chi connectivity index (χ4v) is 3.38. The molecule has 2 heterocycles. The molecule has 160 valence electrons. The second-order valence-corrected chi connectivity index (χ2v) is 8.53. The number of nitrogens with zero attached hydrogens (tertiary/aromatic N) is 3. The van der Waals surface area contributed by atoms with Gasteiger partial charge < -0.3 is 10.1 Å². The van der Waals surface area contributed by atoms with Gasteiger partial charge in [-0.3, -0.25) is 0 Å². The molecule has 2 aromatic heterocycles. The minimum absolute atomic E-state index is 0.0738. The largest absolute Gasteiger partial charge is 0.444 e. The number of rotatable bonds is 5. The number of fused-ring (bicyclic) bond motifs is 1. The van der Waals surface area contributed by atoms with Crippen molar-refractivity contribution >= 4 is 27.5 Å². The summed E-state index contributed by atoms with van der Waals surface area (Å²) in [5.41, 5.74) is 0.213. The first-order valence-electron chi connectivity index (χ1n) is 9.09. The van der Waals surface area contributed by atoms with Crippen molar-refractivity contribution in [1.29, 1.82) is 0 Å². The van der Waals surface area contributed by atoms with Crippen LogP contribution in [0.5, 0.6) is 0 Å². The van der Waals surface area contributed by atoms with E-state index >= 15 is 4.39 Å². The fraction of sp³-hybridized carbons (Fsp3) is 0.350. The molecule has 0 bridgehead atoms. The number of aromatic nitrogens is 3. The molecule has 0 saturated heterocycles. The van der Waals surface area contributed by atoms with Gasteiger partial charge in [0.15, 0.2) is 0 Å². The van der Waals surface area contributed by atoms with Crippen molar-refractivity contribution in [1.82, 2.24) is 19.9 Å². The molecular weight excluding hydrogens is 465 g/mol. The Morgan fingerprint density at radius 3 is 2.73 bits per heavy atom. The number of benzene rings is 1. The van der Waals surface area contributed by atoms with Gasteiger partial charge >= 0.3 is 6.09 Å². The van der Waals surface area contributed by atoms with Crippen LogP contribution in [0.3, 0.4) is 0 Å². The molecule has 30 heavy (non-hydrogen) atoms. The molecule has 0 unspecified atom stereocenters. The third kappa shape index (κ3) is 5.10. The van der Waals surface area contributed by atoms with Gasteiger partial charge in [0.1, 0.15) is 23.4 Å². The Hall–Kier alpha value is -2.62. The standard InChI is InChI=1S/C20H20BrF3N4O2/c1-20(2,3)30-19(29)25-8-11-4-5-13(17(24)14(11)7-16(22)23)18-15-6-12(21)9-28(15)27-10-26-18/h4-6,9-10,16H,7-8H2,1-3H3,(H,25,29). The number of alkyl halides is 2.